The highest BCUT2D eigenvalue weighted by molar-refractivity contribution is 6.16. The second kappa shape index (κ2) is 6.39. The first kappa shape index (κ1) is 20.2. The Hall–Kier alpha value is -4.04. The van der Waals surface area contributed by atoms with Gasteiger partial charge >= 0.3 is 0 Å². The molecule has 36 heavy (non-hydrogen) atoms. The predicted molar refractivity (Wildman–Crippen MR) is 148 cm³/mol. The summed E-state index contributed by atoms with van der Waals surface area (Å²) in [7, 11) is 0. The largest absolute Gasteiger partial charge is 0.457 e. The fourth-order valence-corrected chi connectivity index (χ4v) is 7.07. The van der Waals surface area contributed by atoms with Gasteiger partial charge in [-0.25, -0.2) is 0 Å². The van der Waals surface area contributed by atoms with Gasteiger partial charge in [0, 0.05) is 44.1 Å². The molecule has 6 aromatic rings. The second-order valence-corrected chi connectivity index (χ2v) is 11.4. The molecule has 0 bridgehead atoms. The first-order chi connectivity index (χ1) is 17.4. The third-order valence-electron chi connectivity index (χ3n) is 8.70. The summed E-state index contributed by atoms with van der Waals surface area (Å²) in [5.74, 6) is 1.08. The topological polar surface area (TPSA) is 18.1 Å². The zero-order valence-electron chi connectivity index (χ0n) is 21.0. The molecule has 0 saturated carbocycles. The SMILES string of the molecule is CC1(C)c2ccccc2-c2c1oc1c2ccc2c3c(n(-c4ccccc4)c21)C(C)(C)c1ccccc1-3. The molecule has 0 N–H and O–H groups in total. The summed E-state index contributed by atoms with van der Waals surface area (Å²) in [5.41, 5.74) is 12.3. The maximum atomic E-state index is 6.96. The Labute approximate surface area is 210 Å². The summed E-state index contributed by atoms with van der Waals surface area (Å²) in [5, 5.41) is 2.47. The molecule has 2 heteroatoms. The van der Waals surface area contributed by atoms with E-state index in [1.54, 1.807) is 0 Å². The lowest BCUT2D eigenvalue weighted by molar-refractivity contribution is 0.465. The van der Waals surface area contributed by atoms with Gasteiger partial charge in [-0.2, -0.15) is 0 Å². The van der Waals surface area contributed by atoms with Crippen molar-refractivity contribution in [2.75, 3.05) is 0 Å². The van der Waals surface area contributed by atoms with Crippen molar-refractivity contribution in [2.24, 2.45) is 0 Å². The van der Waals surface area contributed by atoms with E-state index in [1.165, 1.54) is 61.1 Å². The van der Waals surface area contributed by atoms with E-state index < -0.39 is 0 Å². The predicted octanol–water partition coefficient (Wildman–Crippen LogP) is 8.99. The first-order valence-electron chi connectivity index (χ1n) is 12.8. The van der Waals surface area contributed by atoms with Crippen LogP contribution < -0.4 is 0 Å². The maximum Gasteiger partial charge on any atom is 0.159 e. The number of fused-ring (bicyclic) bond motifs is 11. The molecule has 0 radical (unpaired) electrons. The summed E-state index contributed by atoms with van der Waals surface area (Å²) in [6, 6.07) is 33.1. The molecule has 174 valence electrons. The smallest absolute Gasteiger partial charge is 0.159 e. The Balaban J connectivity index is 1.59. The van der Waals surface area contributed by atoms with E-state index in [-0.39, 0.29) is 10.8 Å². The standard InChI is InChI=1S/C34H27NO/c1-33(2)25-16-10-8-14-21(25)27-23-18-19-24-28-22-15-9-11-17-26(22)34(3,4)32(28)36-30(24)29(23)35(31(27)33)20-12-6-5-7-13-20/h5-19H,1-4H3. The number of hydrogen-bond donors (Lipinski definition) is 0. The van der Waals surface area contributed by atoms with Crippen LogP contribution in [-0.2, 0) is 10.8 Å². The molecule has 2 aromatic heterocycles. The monoisotopic (exact) mass is 465 g/mol. The van der Waals surface area contributed by atoms with Crippen LogP contribution in [0, 0.1) is 0 Å². The minimum absolute atomic E-state index is 0.131. The van der Waals surface area contributed by atoms with Gasteiger partial charge in [-0.1, -0.05) is 86.6 Å². The van der Waals surface area contributed by atoms with Gasteiger partial charge < -0.3 is 8.98 Å². The molecular formula is C34H27NO. The molecule has 0 fully saturated rings. The van der Waals surface area contributed by atoms with Gasteiger partial charge in [0.05, 0.1) is 5.52 Å². The van der Waals surface area contributed by atoms with Gasteiger partial charge in [0.2, 0.25) is 0 Å². The molecule has 8 rings (SSSR count). The fourth-order valence-electron chi connectivity index (χ4n) is 7.07. The normalized spacial score (nSPS) is 16.2. The second-order valence-electron chi connectivity index (χ2n) is 11.4. The number of nitrogens with zero attached hydrogens (tertiary/aromatic N) is 1. The highest BCUT2D eigenvalue weighted by Crippen LogP contribution is 2.57. The molecule has 2 aliphatic carbocycles. The van der Waals surface area contributed by atoms with E-state index in [2.05, 4.69) is 123 Å². The van der Waals surface area contributed by atoms with Crippen molar-refractivity contribution in [1.82, 2.24) is 4.57 Å². The minimum Gasteiger partial charge on any atom is -0.457 e. The van der Waals surface area contributed by atoms with Crippen LogP contribution in [0.4, 0.5) is 0 Å². The molecule has 2 heterocycles. The lowest BCUT2D eigenvalue weighted by Crippen LogP contribution is -2.19. The van der Waals surface area contributed by atoms with E-state index in [4.69, 9.17) is 4.42 Å². The summed E-state index contributed by atoms with van der Waals surface area (Å²) in [6.45, 7) is 9.28. The average molecular weight is 466 g/mol. The van der Waals surface area contributed by atoms with Gasteiger partial charge in [0.25, 0.3) is 0 Å². The van der Waals surface area contributed by atoms with Crippen molar-refractivity contribution in [1.29, 1.82) is 0 Å². The zero-order valence-corrected chi connectivity index (χ0v) is 21.0. The van der Waals surface area contributed by atoms with Crippen LogP contribution in [0.5, 0.6) is 0 Å². The van der Waals surface area contributed by atoms with Crippen molar-refractivity contribution in [3.8, 4) is 27.9 Å². The van der Waals surface area contributed by atoms with Crippen molar-refractivity contribution in [2.45, 2.75) is 38.5 Å². The number of benzene rings is 4. The summed E-state index contributed by atoms with van der Waals surface area (Å²) in [4.78, 5) is 0. The lowest BCUT2D eigenvalue weighted by Gasteiger charge is -2.24. The van der Waals surface area contributed by atoms with Crippen LogP contribution in [0.3, 0.4) is 0 Å². The third-order valence-corrected chi connectivity index (χ3v) is 8.70. The molecule has 0 amide bonds. The number of furan rings is 1. The summed E-state index contributed by atoms with van der Waals surface area (Å²) < 4.78 is 9.43. The molecule has 0 atom stereocenters. The van der Waals surface area contributed by atoms with Crippen molar-refractivity contribution >= 4 is 21.9 Å². The molecular weight excluding hydrogens is 438 g/mol. The lowest BCUT2D eigenvalue weighted by atomic mass is 9.85. The van der Waals surface area contributed by atoms with Crippen molar-refractivity contribution in [3.05, 3.63) is 114 Å². The van der Waals surface area contributed by atoms with E-state index >= 15 is 0 Å². The molecule has 2 aliphatic rings. The van der Waals surface area contributed by atoms with Gasteiger partial charge in [-0.3, -0.25) is 0 Å². The van der Waals surface area contributed by atoms with Crippen molar-refractivity contribution < 1.29 is 4.42 Å². The van der Waals surface area contributed by atoms with Gasteiger partial charge in [0.15, 0.2) is 5.58 Å². The zero-order chi connectivity index (χ0) is 24.4. The quantitative estimate of drug-likeness (QED) is 0.237. The van der Waals surface area contributed by atoms with Gasteiger partial charge in [-0.15, -0.1) is 0 Å². The summed E-state index contributed by atoms with van der Waals surface area (Å²) in [6.07, 6.45) is 0. The number of hydrogen-bond acceptors (Lipinski definition) is 1. The Morgan fingerprint density at radius 3 is 1.89 bits per heavy atom. The molecule has 0 unspecified atom stereocenters. The molecule has 0 saturated heterocycles. The van der Waals surface area contributed by atoms with Crippen LogP contribution in [0.25, 0.3) is 49.8 Å². The van der Waals surface area contributed by atoms with Crippen LogP contribution in [0.2, 0.25) is 0 Å². The van der Waals surface area contributed by atoms with Gasteiger partial charge in [-0.05, 0) is 54.3 Å². The minimum atomic E-state index is -0.171. The average Bonchev–Trinajstić information content (AvgIpc) is 3.57. The molecule has 4 aromatic carbocycles. The van der Waals surface area contributed by atoms with E-state index in [9.17, 15) is 0 Å². The Bertz CT molecular complexity index is 1880. The highest BCUT2D eigenvalue weighted by atomic mass is 16.3. The Morgan fingerprint density at radius 1 is 0.583 bits per heavy atom. The van der Waals surface area contributed by atoms with Crippen LogP contribution in [0.1, 0.15) is 50.3 Å². The number of para-hydroxylation sites is 1. The maximum absolute atomic E-state index is 6.96. The Kier molecular flexibility index (Phi) is 3.58. The molecule has 0 spiro atoms. The number of aromatic nitrogens is 1. The van der Waals surface area contributed by atoms with Crippen molar-refractivity contribution in [3.63, 3.8) is 0 Å². The molecule has 2 nitrogen and oxygen atoms in total. The summed E-state index contributed by atoms with van der Waals surface area (Å²) >= 11 is 0. The fraction of sp³-hybridized carbons (Fsp3) is 0.176. The van der Waals surface area contributed by atoms with E-state index in [1.807, 2.05) is 0 Å². The van der Waals surface area contributed by atoms with Crippen LogP contribution in [0.15, 0.2) is 95.4 Å². The van der Waals surface area contributed by atoms with Crippen LogP contribution >= 0.6 is 0 Å². The molecule has 0 aliphatic heterocycles. The number of rotatable bonds is 1. The van der Waals surface area contributed by atoms with E-state index in [0.717, 1.165) is 11.3 Å². The van der Waals surface area contributed by atoms with Gasteiger partial charge in [0.1, 0.15) is 5.76 Å². The Morgan fingerprint density at radius 2 is 1.17 bits per heavy atom. The van der Waals surface area contributed by atoms with Crippen LogP contribution in [-0.4, -0.2) is 4.57 Å². The highest BCUT2D eigenvalue weighted by Gasteiger charge is 2.44. The first-order valence-corrected chi connectivity index (χ1v) is 12.8. The third kappa shape index (κ3) is 2.20. The van der Waals surface area contributed by atoms with E-state index in [0.29, 0.717) is 0 Å².